The second kappa shape index (κ2) is 13.0. The van der Waals surface area contributed by atoms with Crippen LogP contribution in [0.25, 0.3) is 4.85 Å². The molecule has 6 nitrogen and oxygen atoms in total. The van der Waals surface area contributed by atoms with Crippen LogP contribution in [-0.2, 0) is 0 Å². The van der Waals surface area contributed by atoms with Crippen LogP contribution in [0.4, 0.5) is 5.69 Å². The van der Waals surface area contributed by atoms with E-state index in [2.05, 4.69) is 32.9 Å². The number of rotatable bonds is 10. The molecule has 1 aliphatic heterocycles. The van der Waals surface area contributed by atoms with Crippen LogP contribution in [0, 0.1) is 17.9 Å². The van der Waals surface area contributed by atoms with E-state index < -0.39 is 0 Å². The highest BCUT2D eigenvalue weighted by molar-refractivity contribution is 5.47. The van der Waals surface area contributed by atoms with Crippen molar-refractivity contribution in [3.05, 3.63) is 89.8 Å². The summed E-state index contributed by atoms with van der Waals surface area (Å²) in [6.45, 7) is 14.1. The van der Waals surface area contributed by atoms with Crippen molar-refractivity contribution in [1.29, 1.82) is 5.26 Å². The number of hydrogen-bond acceptors (Lipinski definition) is 5. The summed E-state index contributed by atoms with van der Waals surface area (Å²) in [5.41, 5.74) is 1.26. The second-order valence-corrected chi connectivity index (χ2v) is 7.41. The van der Waals surface area contributed by atoms with Gasteiger partial charge in [-0.15, -0.1) is 0 Å². The SMILES string of the molecule is [C-]#[N+]c1ccc(OC/C=C/CN2CCN(C/C=C/COc3ccc(C#N)cc3)CC2)cc1. The number of nitrogens with zero attached hydrogens (tertiary/aromatic N) is 4. The smallest absolute Gasteiger partial charge is 0.187 e. The molecule has 0 atom stereocenters. The molecule has 164 valence electrons. The molecule has 0 saturated carbocycles. The van der Waals surface area contributed by atoms with Crippen molar-refractivity contribution in [2.75, 3.05) is 52.5 Å². The van der Waals surface area contributed by atoms with Gasteiger partial charge in [0.1, 0.15) is 24.7 Å². The molecule has 1 saturated heterocycles. The van der Waals surface area contributed by atoms with E-state index in [0.29, 0.717) is 24.5 Å². The summed E-state index contributed by atoms with van der Waals surface area (Å²) < 4.78 is 11.3. The van der Waals surface area contributed by atoms with E-state index in [1.165, 1.54) is 0 Å². The summed E-state index contributed by atoms with van der Waals surface area (Å²) in [6, 6.07) is 16.5. The van der Waals surface area contributed by atoms with Gasteiger partial charge in [0.2, 0.25) is 0 Å². The normalized spacial score (nSPS) is 14.9. The average molecular weight is 429 g/mol. The highest BCUT2D eigenvalue weighted by Crippen LogP contribution is 2.17. The highest BCUT2D eigenvalue weighted by Gasteiger charge is 2.14. The maximum absolute atomic E-state index is 8.81. The Hall–Kier alpha value is -3.58. The van der Waals surface area contributed by atoms with Gasteiger partial charge in [-0.1, -0.05) is 36.4 Å². The van der Waals surface area contributed by atoms with Crippen molar-refractivity contribution in [1.82, 2.24) is 9.80 Å². The second-order valence-electron chi connectivity index (χ2n) is 7.41. The van der Waals surface area contributed by atoms with Crippen LogP contribution in [0.2, 0.25) is 0 Å². The Morgan fingerprint density at radius 1 is 0.781 bits per heavy atom. The lowest BCUT2D eigenvalue weighted by Gasteiger charge is -2.33. The summed E-state index contributed by atoms with van der Waals surface area (Å²) >= 11 is 0. The minimum atomic E-state index is 0.530. The minimum Gasteiger partial charge on any atom is -0.490 e. The van der Waals surface area contributed by atoms with Gasteiger partial charge in [0.05, 0.1) is 18.2 Å². The summed E-state index contributed by atoms with van der Waals surface area (Å²) in [7, 11) is 0. The van der Waals surface area contributed by atoms with Crippen LogP contribution < -0.4 is 9.47 Å². The van der Waals surface area contributed by atoms with Crippen molar-refractivity contribution in [3.63, 3.8) is 0 Å². The lowest BCUT2D eigenvalue weighted by Crippen LogP contribution is -2.46. The summed E-state index contributed by atoms with van der Waals surface area (Å²) in [4.78, 5) is 8.25. The zero-order valence-electron chi connectivity index (χ0n) is 18.2. The molecule has 0 amide bonds. The molecule has 0 N–H and O–H groups in total. The molecular formula is C26H28N4O2. The fourth-order valence-corrected chi connectivity index (χ4v) is 3.27. The molecule has 0 spiro atoms. The third-order valence-corrected chi connectivity index (χ3v) is 5.17. The van der Waals surface area contributed by atoms with E-state index >= 15 is 0 Å². The molecule has 0 radical (unpaired) electrons. The Morgan fingerprint density at radius 2 is 1.25 bits per heavy atom. The zero-order chi connectivity index (χ0) is 22.4. The fraction of sp³-hybridized carbons (Fsp3) is 0.308. The number of benzene rings is 2. The Balaban J connectivity index is 1.24. The quantitative estimate of drug-likeness (QED) is 0.417. The lowest BCUT2D eigenvalue weighted by molar-refractivity contribution is 0.153. The molecule has 1 heterocycles. The van der Waals surface area contributed by atoms with E-state index in [-0.39, 0.29) is 0 Å². The predicted molar refractivity (Wildman–Crippen MR) is 126 cm³/mol. The van der Waals surface area contributed by atoms with Crippen LogP contribution in [0.3, 0.4) is 0 Å². The molecular weight excluding hydrogens is 400 g/mol. The molecule has 0 aromatic heterocycles. The van der Waals surface area contributed by atoms with E-state index in [1.807, 2.05) is 36.4 Å². The van der Waals surface area contributed by atoms with Gasteiger partial charge >= 0.3 is 0 Å². The summed E-state index contributed by atoms with van der Waals surface area (Å²) in [5.74, 6) is 1.56. The first-order valence-corrected chi connectivity index (χ1v) is 10.7. The zero-order valence-corrected chi connectivity index (χ0v) is 18.2. The molecule has 6 heteroatoms. The molecule has 0 bridgehead atoms. The average Bonchev–Trinajstić information content (AvgIpc) is 2.85. The molecule has 2 aromatic rings. The van der Waals surface area contributed by atoms with Gasteiger partial charge in [-0.25, -0.2) is 4.85 Å². The van der Waals surface area contributed by atoms with Crippen molar-refractivity contribution in [2.45, 2.75) is 0 Å². The monoisotopic (exact) mass is 428 g/mol. The van der Waals surface area contributed by atoms with Crippen molar-refractivity contribution in [2.24, 2.45) is 0 Å². The van der Waals surface area contributed by atoms with Crippen LogP contribution in [0.1, 0.15) is 5.56 Å². The Morgan fingerprint density at radius 3 is 1.69 bits per heavy atom. The summed E-state index contributed by atoms with van der Waals surface area (Å²) in [6.07, 6.45) is 8.40. The molecule has 0 aliphatic carbocycles. The maximum atomic E-state index is 8.81. The number of piperazine rings is 1. The first-order chi connectivity index (χ1) is 15.8. The van der Waals surface area contributed by atoms with Crippen molar-refractivity contribution >= 4 is 5.69 Å². The number of nitriles is 1. The summed E-state index contributed by atoms with van der Waals surface area (Å²) in [5, 5.41) is 8.81. The van der Waals surface area contributed by atoms with Crippen LogP contribution >= 0.6 is 0 Å². The van der Waals surface area contributed by atoms with Crippen LogP contribution in [0.15, 0.2) is 72.8 Å². The van der Waals surface area contributed by atoms with E-state index in [1.54, 1.807) is 24.3 Å². The van der Waals surface area contributed by atoms with Crippen molar-refractivity contribution in [3.8, 4) is 17.6 Å². The van der Waals surface area contributed by atoms with Gasteiger partial charge in [-0.3, -0.25) is 9.80 Å². The third kappa shape index (κ3) is 7.92. The Labute approximate surface area is 190 Å². The van der Waals surface area contributed by atoms with Gasteiger partial charge in [0.15, 0.2) is 5.69 Å². The first-order valence-electron chi connectivity index (χ1n) is 10.7. The lowest BCUT2D eigenvalue weighted by atomic mass is 10.2. The molecule has 1 fully saturated rings. The van der Waals surface area contributed by atoms with Crippen molar-refractivity contribution < 1.29 is 9.47 Å². The Bertz CT molecular complexity index is 879. The molecule has 3 rings (SSSR count). The van der Waals surface area contributed by atoms with Crippen LogP contribution in [-0.4, -0.2) is 62.3 Å². The number of ether oxygens (including phenoxy) is 2. The highest BCUT2D eigenvalue weighted by atomic mass is 16.5. The van der Waals surface area contributed by atoms with E-state index in [0.717, 1.165) is 50.8 Å². The van der Waals surface area contributed by atoms with E-state index in [9.17, 15) is 0 Å². The molecule has 0 unspecified atom stereocenters. The molecule has 1 aliphatic rings. The molecule has 2 aromatic carbocycles. The van der Waals surface area contributed by atoms with Gasteiger partial charge in [0, 0.05) is 39.3 Å². The maximum Gasteiger partial charge on any atom is 0.187 e. The number of hydrogen-bond donors (Lipinski definition) is 0. The van der Waals surface area contributed by atoms with Gasteiger partial charge < -0.3 is 9.47 Å². The molecule has 32 heavy (non-hydrogen) atoms. The van der Waals surface area contributed by atoms with Gasteiger partial charge in [-0.05, 0) is 36.4 Å². The third-order valence-electron chi connectivity index (χ3n) is 5.17. The van der Waals surface area contributed by atoms with Gasteiger partial charge in [-0.2, -0.15) is 5.26 Å². The van der Waals surface area contributed by atoms with E-state index in [4.69, 9.17) is 21.3 Å². The standard InChI is InChI=1S/C26H28N4O2/c1-28-24-8-12-26(13-9-24)32-21-5-3-15-30-18-16-29(17-19-30)14-2-4-20-31-25-10-6-23(22-27)7-11-25/h2-13H,14-21H2/b4-2+,5-3+. The predicted octanol–water partition coefficient (Wildman–Crippen LogP) is 4.30. The van der Waals surface area contributed by atoms with Crippen LogP contribution in [0.5, 0.6) is 11.5 Å². The topological polar surface area (TPSA) is 53.1 Å². The Kier molecular flexibility index (Phi) is 9.36. The first kappa shape index (κ1) is 23.1. The minimum absolute atomic E-state index is 0.530. The fourth-order valence-electron chi connectivity index (χ4n) is 3.27. The van der Waals surface area contributed by atoms with Gasteiger partial charge in [0.25, 0.3) is 0 Å². The largest absolute Gasteiger partial charge is 0.490 e.